The van der Waals surface area contributed by atoms with Crippen LogP contribution in [0.2, 0.25) is 0 Å². The average Bonchev–Trinajstić information content (AvgIpc) is 3.45. The number of amides is 2. The maximum Gasteiger partial charge on any atom is 0.240 e. The molecule has 0 spiro atoms. The van der Waals surface area contributed by atoms with Crippen molar-refractivity contribution in [2.24, 2.45) is 17.3 Å². The molecule has 4 aliphatic rings. The summed E-state index contributed by atoms with van der Waals surface area (Å²) in [6.45, 7) is 5.68. The Morgan fingerprint density at radius 1 is 0.970 bits per heavy atom. The van der Waals surface area contributed by atoms with Gasteiger partial charge in [0, 0.05) is 17.7 Å². The molecule has 0 bridgehead atoms. The molecule has 2 aromatic rings. The van der Waals surface area contributed by atoms with Gasteiger partial charge < -0.3 is 14.4 Å². The molecule has 0 saturated carbocycles. The van der Waals surface area contributed by atoms with E-state index < -0.39 is 23.3 Å². The van der Waals surface area contributed by atoms with E-state index >= 15 is 0 Å². The molecule has 168 valence electrons. The zero-order valence-electron chi connectivity index (χ0n) is 18.6. The van der Waals surface area contributed by atoms with E-state index in [-0.39, 0.29) is 30.4 Å². The molecule has 4 aliphatic heterocycles. The molecule has 2 aromatic carbocycles. The lowest BCUT2D eigenvalue weighted by Crippen LogP contribution is -2.47. The summed E-state index contributed by atoms with van der Waals surface area (Å²) in [4.78, 5) is 44.5. The fourth-order valence-electron chi connectivity index (χ4n) is 5.58. The number of hydrogen-bond acceptors (Lipinski definition) is 6. The van der Waals surface area contributed by atoms with Gasteiger partial charge in [0.05, 0.1) is 23.6 Å². The van der Waals surface area contributed by atoms with Gasteiger partial charge in [0.25, 0.3) is 0 Å². The second kappa shape index (κ2) is 6.70. The zero-order valence-corrected chi connectivity index (χ0v) is 18.6. The largest absolute Gasteiger partial charge is 0.454 e. The first-order valence-electron chi connectivity index (χ1n) is 11.1. The van der Waals surface area contributed by atoms with Crippen molar-refractivity contribution in [1.82, 2.24) is 4.90 Å². The van der Waals surface area contributed by atoms with E-state index in [1.54, 1.807) is 18.2 Å². The molecular weight excluding hydrogens is 420 g/mol. The summed E-state index contributed by atoms with van der Waals surface area (Å²) in [5.41, 5.74) is 1.75. The van der Waals surface area contributed by atoms with Crippen molar-refractivity contribution in [3.8, 4) is 11.5 Å². The van der Waals surface area contributed by atoms with E-state index in [0.717, 1.165) is 11.1 Å². The molecule has 0 N–H and O–H groups in total. The average molecular weight is 444 g/mol. The highest BCUT2D eigenvalue weighted by atomic mass is 16.7. The molecule has 33 heavy (non-hydrogen) atoms. The minimum Gasteiger partial charge on any atom is -0.454 e. The number of rotatable bonds is 2. The predicted octanol–water partition coefficient (Wildman–Crippen LogP) is 3.55. The van der Waals surface area contributed by atoms with Gasteiger partial charge in [-0.2, -0.15) is 0 Å². The van der Waals surface area contributed by atoms with Gasteiger partial charge in [-0.25, -0.2) is 4.90 Å². The molecule has 0 aromatic heterocycles. The number of imide groups is 1. The first kappa shape index (κ1) is 20.0. The highest BCUT2D eigenvalue weighted by molar-refractivity contribution is 6.24. The van der Waals surface area contributed by atoms with Gasteiger partial charge in [-0.1, -0.05) is 45.0 Å². The fourth-order valence-corrected chi connectivity index (χ4v) is 5.58. The number of carbonyl (C=O) groups excluding carboxylic acids is 3. The Balaban J connectivity index is 1.49. The molecule has 6 rings (SSSR count). The molecule has 2 fully saturated rings. The molecule has 0 radical (unpaired) electrons. The predicted molar refractivity (Wildman–Crippen MR) is 120 cm³/mol. The maximum absolute atomic E-state index is 13.9. The number of Topliss-reactive ketones (excluding diaryl/α,β-unsaturated/α-hetero) is 1. The Morgan fingerprint density at radius 3 is 2.48 bits per heavy atom. The van der Waals surface area contributed by atoms with Gasteiger partial charge in [-0.15, -0.1) is 0 Å². The topological polar surface area (TPSA) is 76.1 Å². The Kier molecular flexibility index (Phi) is 4.07. The van der Waals surface area contributed by atoms with Crippen molar-refractivity contribution in [2.45, 2.75) is 32.9 Å². The van der Waals surface area contributed by atoms with Crippen LogP contribution in [0.4, 0.5) is 5.69 Å². The van der Waals surface area contributed by atoms with Gasteiger partial charge in [0.1, 0.15) is 6.04 Å². The van der Waals surface area contributed by atoms with Crippen LogP contribution in [0.3, 0.4) is 0 Å². The van der Waals surface area contributed by atoms with Crippen LogP contribution in [-0.4, -0.2) is 35.3 Å². The minimum atomic E-state index is -0.754. The van der Waals surface area contributed by atoms with E-state index in [2.05, 4.69) is 0 Å². The van der Waals surface area contributed by atoms with Crippen molar-refractivity contribution >= 4 is 29.4 Å². The van der Waals surface area contributed by atoms with Gasteiger partial charge in [-0.05, 0) is 29.3 Å². The fraction of sp³-hybridized carbons (Fsp3) is 0.346. The lowest BCUT2D eigenvalue weighted by Gasteiger charge is -2.37. The number of fused-ring (bicyclic) bond motifs is 6. The number of ether oxygens (including phenoxy) is 2. The molecule has 0 unspecified atom stereocenters. The Hall–Kier alpha value is -3.61. The standard InChI is InChI=1S/C26H24N2O5/c1-26(2,3)23(29)22-20-19(21-16-7-5-4-6-14(16)10-11-27(21)22)24(30)28(25(20)31)15-8-9-17-18(12-15)33-13-32-17/h4-12,19-22H,13H2,1-3H3/t19-,20+,21+,22-/m0/s1. The van der Waals surface area contributed by atoms with Crippen LogP contribution < -0.4 is 14.4 Å². The van der Waals surface area contributed by atoms with Gasteiger partial charge in [0.15, 0.2) is 17.3 Å². The van der Waals surface area contributed by atoms with Crippen LogP contribution in [0.1, 0.15) is 37.9 Å². The molecule has 4 atom stereocenters. The second-order valence-electron chi connectivity index (χ2n) is 10.00. The third-order valence-electron chi connectivity index (χ3n) is 7.08. The summed E-state index contributed by atoms with van der Waals surface area (Å²) < 4.78 is 10.8. The van der Waals surface area contributed by atoms with Crippen LogP contribution in [0.5, 0.6) is 11.5 Å². The molecule has 7 heteroatoms. The van der Waals surface area contributed by atoms with Crippen LogP contribution in [0, 0.1) is 17.3 Å². The van der Waals surface area contributed by atoms with E-state index in [1.807, 2.05) is 62.2 Å². The maximum atomic E-state index is 13.9. The smallest absolute Gasteiger partial charge is 0.240 e. The van der Waals surface area contributed by atoms with Crippen molar-refractivity contribution in [1.29, 1.82) is 0 Å². The number of anilines is 1. The Morgan fingerprint density at radius 2 is 1.70 bits per heavy atom. The minimum absolute atomic E-state index is 0.0438. The number of benzene rings is 2. The molecular formula is C26H24N2O5. The molecule has 0 aliphatic carbocycles. The Labute approximate surface area is 191 Å². The first-order chi connectivity index (χ1) is 15.8. The first-order valence-corrected chi connectivity index (χ1v) is 11.1. The molecule has 2 saturated heterocycles. The van der Waals surface area contributed by atoms with E-state index in [1.165, 1.54) is 4.90 Å². The quantitative estimate of drug-likeness (QED) is 0.660. The van der Waals surface area contributed by atoms with Crippen LogP contribution in [0.15, 0.2) is 48.7 Å². The number of nitrogens with zero attached hydrogens (tertiary/aromatic N) is 2. The second-order valence-corrected chi connectivity index (χ2v) is 10.00. The zero-order chi connectivity index (χ0) is 23.1. The summed E-state index contributed by atoms with van der Waals surface area (Å²) in [6, 6.07) is 11.8. The van der Waals surface area contributed by atoms with Gasteiger partial charge in [-0.3, -0.25) is 14.4 Å². The normalized spacial score (nSPS) is 27.0. The van der Waals surface area contributed by atoms with Crippen LogP contribution >= 0.6 is 0 Å². The van der Waals surface area contributed by atoms with Crippen molar-refractivity contribution < 1.29 is 23.9 Å². The molecule has 2 amide bonds. The highest BCUT2D eigenvalue weighted by Gasteiger charge is 2.65. The number of carbonyl (C=O) groups is 3. The van der Waals surface area contributed by atoms with E-state index in [0.29, 0.717) is 17.2 Å². The number of hydrogen-bond donors (Lipinski definition) is 0. The van der Waals surface area contributed by atoms with Crippen molar-refractivity contribution in [3.63, 3.8) is 0 Å². The van der Waals surface area contributed by atoms with Crippen LogP contribution in [0.25, 0.3) is 6.08 Å². The summed E-state index contributed by atoms with van der Waals surface area (Å²) in [6.07, 6.45) is 3.84. The van der Waals surface area contributed by atoms with Crippen molar-refractivity contribution in [3.05, 3.63) is 59.8 Å². The summed E-state index contributed by atoms with van der Waals surface area (Å²) in [5.74, 6) is -0.991. The van der Waals surface area contributed by atoms with Crippen LogP contribution in [-0.2, 0) is 14.4 Å². The lowest BCUT2D eigenvalue weighted by atomic mass is 9.79. The van der Waals surface area contributed by atoms with Gasteiger partial charge >= 0.3 is 0 Å². The monoisotopic (exact) mass is 444 g/mol. The molecule has 4 heterocycles. The highest BCUT2D eigenvalue weighted by Crippen LogP contribution is 2.54. The number of ketones is 1. The van der Waals surface area contributed by atoms with E-state index in [4.69, 9.17) is 9.47 Å². The SMILES string of the molecule is CC(C)(C)C(=O)[C@@H]1[C@@H]2C(=O)N(c3ccc4c(c3)OCO4)C(=O)[C@@H]2[C@H]2c3ccccc3C=CN12. The third kappa shape index (κ3) is 2.71. The lowest BCUT2D eigenvalue weighted by molar-refractivity contribution is -0.135. The summed E-state index contributed by atoms with van der Waals surface area (Å²) >= 11 is 0. The molecule has 7 nitrogen and oxygen atoms in total. The third-order valence-corrected chi connectivity index (χ3v) is 7.08. The van der Waals surface area contributed by atoms with E-state index in [9.17, 15) is 14.4 Å². The summed E-state index contributed by atoms with van der Waals surface area (Å²) in [7, 11) is 0. The van der Waals surface area contributed by atoms with Crippen molar-refractivity contribution in [2.75, 3.05) is 11.7 Å². The van der Waals surface area contributed by atoms with Gasteiger partial charge in [0.2, 0.25) is 18.6 Å². The summed E-state index contributed by atoms with van der Waals surface area (Å²) in [5, 5.41) is 0. The Bertz CT molecular complexity index is 1240.